The van der Waals surface area contributed by atoms with Gasteiger partial charge in [0.1, 0.15) is 0 Å². The highest BCUT2D eigenvalue weighted by Crippen LogP contribution is 2.25. The molecule has 0 atom stereocenters. The first-order valence-electron chi connectivity index (χ1n) is 7.16. The maximum Gasteiger partial charge on any atom is 0.340 e. The topological polar surface area (TPSA) is 57.0 Å². The second kappa shape index (κ2) is 5.67. The van der Waals surface area contributed by atoms with Crippen molar-refractivity contribution in [3.8, 4) is 0 Å². The number of thioether (sulfide) groups is 1. The van der Waals surface area contributed by atoms with Crippen molar-refractivity contribution in [1.82, 2.24) is 14.8 Å². The molecule has 21 heavy (non-hydrogen) atoms. The van der Waals surface area contributed by atoms with E-state index in [9.17, 15) is 4.79 Å². The fourth-order valence-electron chi connectivity index (χ4n) is 2.30. The summed E-state index contributed by atoms with van der Waals surface area (Å²) in [5.41, 5.74) is 2.05. The van der Waals surface area contributed by atoms with Gasteiger partial charge < -0.3 is 4.74 Å². The SMILES string of the molecule is Cc1nc2c(cnn2C(C)C)cc1C(=O)OCC1CSC1. The quantitative estimate of drug-likeness (QED) is 0.813. The van der Waals surface area contributed by atoms with Crippen LogP contribution in [-0.4, -0.2) is 38.8 Å². The molecule has 3 rings (SSSR count). The first-order chi connectivity index (χ1) is 10.1. The maximum atomic E-state index is 12.2. The van der Waals surface area contributed by atoms with Gasteiger partial charge in [0.15, 0.2) is 5.65 Å². The molecule has 0 bridgehead atoms. The summed E-state index contributed by atoms with van der Waals surface area (Å²) in [6.07, 6.45) is 1.75. The Balaban J connectivity index is 1.84. The highest BCUT2D eigenvalue weighted by atomic mass is 32.2. The number of nitrogens with zero attached hydrogens (tertiary/aromatic N) is 3. The molecule has 0 saturated carbocycles. The van der Waals surface area contributed by atoms with Crippen molar-refractivity contribution < 1.29 is 9.53 Å². The number of aromatic nitrogens is 3. The Morgan fingerprint density at radius 3 is 2.90 bits per heavy atom. The predicted molar refractivity (Wildman–Crippen MR) is 83.7 cm³/mol. The van der Waals surface area contributed by atoms with Crippen LogP contribution >= 0.6 is 11.8 Å². The first kappa shape index (κ1) is 14.4. The Morgan fingerprint density at radius 1 is 1.52 bits per heavy atom. The van der Waals surface area contributed by atoms with Crippen molar-refractivity contribution in [2.75, 3.05) is 18.1 Å². The molecular formula is C15H19N3O2S. The van der Waals surface area contributed by atoms with E-state index in [-0.39, 0.29) is 12.0 Å². The molecule has 2 aromatic rings. The van der Waals surface area contributed by atoms with E-state index in [0.717, 1.165) is 22.5 Å². The van der Waals surface area contributed by atoms with Crippen LogP contribution in [0, 0.1) is 12.8 Å². The van der Waals surface area contributed by atoms with E-state index < -0.39 is 0 Å². The second-order valence-corrected chi connectivity index (χ2v) is 6.79. The average Bonchev–Trinajstić information content (AvgIpc) is 2.78. The molecule has 6 heteroatoms. The van der Waals surface area contributed by atoms with Gasteiger partial charge in [-0.3, -0.25) is 0 Å². The molecule has 5 nitrogen and oxygen atoms in total. The minimum atomic E-state index is -0.281. The lowest BCUT2D eigenvalue weighted by molar-refractivity contribution is 0.0457. The van der Waals surface area contributed by atoms with Crippen LogP contribution in [0.2, 0.25) is 0 Å². The van der Waals surface area contributed by atoms with E-state index in [1.807, 2.05) is 29.4 Å². The molecule has 0 unspecified atom stereocenters. The molecule has 1 fully saturated rings. The van der Waals surface area contributed by atoms with Crippen LogP contribution < -0.4 is 0 Å². The highest BCUT2D eigenvalue weighted by Gasteiger charge is 2.22. The van der Waals surface area contributed by atoms with Crippen molar-refractivity contribution in [3.05, 3.63) is 23.5 Å². The van der Waals surface area contributed by atoms with Crippen LogP contribution in [0.3, 0.4) is 0 Å². The van der Waals surface area contributed by atoms with Crippen molar-refractivity contribution in [1.29, 1.82) is 0 Å². The molecule has 1 aliphatic heterocycles. The molecule has 112 valence electrons. The van der Waals surface area contributed by atoms with Crippen molar-refractivity contribution in [3.63, 3.8) is 0 Å². The summed E-state index contributed by atoms with van der Waals surface area (Å²) in [5, 5.41) is 5.21. The molecule has 3 heterocycles. The van der Waals surface area contributed by atoms with Gasteiger partial charge in [0.05, 0.1) is 24.1 Å². The zero-order chi connectivity index (χ0) is 15.0. The second-order valence-electron chi connectivity index (χ2n) is 5.72. The summed E-state index contributed by atoms with van der Waals surface area (Å²) < 4.78 is 7.26. The third-order valence-corrected chi connectivity index (χ3v) is 5.04. The van der Waals surface area contributed by atoms with Gasteiger partial charge in [0, 0.05) is 28.9 Å². The van der Waals surface area contributed by atoms with Gasteiger partial charge in [0.25, 0.3) is 0 Å². The number of fused-ring (bicyclic) bond motifs is 1. The van der Waals surface area contributed by atoms with Crippen molar-refractivity contribution >= 4 is 28.8 Å². The fourth-order valence-corrected chi connectivity index (χ4v) is 3.06. The number of hydrogen-bond donors (Lipinski definition) is 0. The summed E-state index contributed by atoms with van der Waals surface area (Å²) in [6.45, 7) is 6.46. The Hall–Kier alpha value is -1.56. The normalized spacial score (nSPS) is 15.4. The Kier molecular flexibility index (Phi) is 3.89. The van der Waals surface area contributed by atoms with Gasteiger partial charge in [-0.05, 0) is 26.8 Å². The van der Waals surface area contributed by atoms with Crippen LogP contribution in [0.25, 0.3) is 11.0 Å². The monoisotopic (exact) mass is 305 g/mol. The van der Waals surface area contributed by atoms with Crippen molar-refractivity contribution in [2.45, 2.75) is 26.8 Å². The van der Waals surface area contributed by atoms with E-state index >= 15 is 0 Å². The maximum absolute atomic E-state index is 12.2. The van der Waals surface area contributed by atoms with Gasteiger partial charge in [-0.15, -0.1) is 0 Å². The van der Waals surface area contributed by atoms with E-state index in [0.29, 0.717) is 23.8 Å². The van der Waals surface area contributed by atoms with Crippen LogP contribution in [0.15, 0.2) is 12.3 Å². The first-order valence-corrected chi connectivity index (χ1v) is 8.31. The number of hydrogen-bond acceptors (Lipinski definition) is 5. The average molecular weight is 305 g/mol. The molecule has 0 N–H and O–H groups in total. The van der Waals surface area contributed by atoms with Crippen molar-refractivity contribution in [2.24, 2.45) is 5.92 Å². The number of carbonyl (C=O) groups is 1. The van der Waals surface area contributed by atoms with E-state index in [1.54, 1.807) is 6.20 Å². The number of esters is 1. The predicted octanol–water partition coefficient (Wildman–Crippen LogP) is 2.84. The minimum Gasteiger partial charge on any atom is -0.462 e. The van der Waals surface area contributed by atoms with Gasteiger partial charge >= 0.3 is 5.97 Å². The number of pyridine rings is 1. The summed E-state index contributed by atoms with van der Waals surface area (Å²) in [6, 6.07) is 2.07. The number of ether oxygens (including phenoxy) is 1. The molecule has 0 amide bonds. The number of carbonyl (C=O) groups excluding carboxylic acids is 1. The Labute approximate surface area is 128 Å². The van der Waals surface area contributed by atoms with Crippen LogP contribution in [0.1, 0.15) is 35.9 Å². The summed E-state index contributed by atoms with van der Waals surface area (Å²) >= 11 is 1.89. The Morgan fingerprint density at radius 2 is 2.29 bits per heavy atom. The lowest BCUT2D eigenvalue weighted by Gasteiger charge is -2.24. The third kappa shape index (κ3) is 2.77. The minimum absolute atomic E-state index is 0.239. The lowest BCUT2D eigenvalue weighted by Crippen LogP contribution is -2.25. The van der Waals surface area contributed by atoms with E-state index in [1.165, 1.54) is 0 Å². The highest BCUT2D eigenvalue weighted by molar-refractivity contribution is 8.00. The van der Waals surface area contributed by atoms with Crippen LogP contribution in [-0.2, 0) is 4.74 Å². The van der Waals surface area contributed by atoms with Crippen LogP contribution in [0.4, 0.5) is 0 Å². The lowest BCUT2D eigenvalue weighted by atomic mass is 10.1. The van der Waals surface area contributed by atoms with E-state index in [2.05, 4.69) is 23.9 Å². The summed E-state index contributed by atoms with van der Waals surface area (Å²) in [7, 11) is 0. The zero-order valence-electron chi connectivity index (χ0n) is 12.5. The zero-order valence-corrected chi connectivity index (χ0v) is 13.3. The molecule has 2 aromatic heterocycles. The van der Waals surface area contributed by atoms with Gasteiger partial charge in [-0.25, -0.2) is 14.5 Å². The van der Waals surface area contributed by atoms with Gasteiger partial charge in [-0.1, -0.05) is 0 Å². The number of rotatable bonds is 4. The third-order valence-electron chi connectivity index (χ3n) is 3.63. The van der Waals surface area contributed by atoms with Crippen LogP contribution in [0.5, 0.6) is 0 Å². The molecule has 0 radical (unpaired) electrons. The standard InChI is InChI=1S/C15H19N3O2S/c1-9(2)18-14-12(5-16-18)4-13(10(3)17-14)15(19)20-6-11-7-21-8-11/h4-5,9,11H,6-8H2,1-3H3. The van der Waals surface area contributed by atoms with Gasteiger partial charge in [-0.2, -0.15) is 16.9 Å². The molecule has 0 aliphatic carbocycles. The molecule has 0 spiro atoms. The molecule has 0 aromatic carbocycles. The summed E-state index contributed by atoms with van der Waals surface area (Å²) in [4.78, 5) is 16.7. The van der Waals surface area contributed by atoms with Gasteiger partial charge in [0.2, 0.25) is 0 Å². The smallest absolute Gasteiger partial charge is 0.340 e. The molecule has 1 aliphatic rings. The Bertz CT molecular complexity index is 677. The fraction of sp³-hybridized carbons (Fsp3) is 0.533. The number of aryl methyl sites for hydroxylation is 1. The van der Waals surface area contributed by atoms with E-state index in [4.69, 9.17) is 4.74 Å². The summed E-state index contributed by atoms with van der Waals surface area (Å²) in [5.74, 6) is 2.41. The largest absolute Gasteiger partial charge is 0.462 e. The molecular weight excluding hydrogens is 286 g/mol. The molecule has 1 saturated heterocycles.